The first-order valence-corrected chi connectivity index (χ1v) is 8.75. The van der Waals surface area contributed by atoms with Crippen molar-refractivity contribution in [1.29, 1.82) is 0 Å². The molecular formula is C17H34N2O2. The van der Waals surface area contributed by atoms with Crippen molar-refractivity contribution in [1.82, 2.24) is 10.2 Å². The highest BCUT2D eigenvalue weighted by atomic mass is 16.5. The summed E-state index contributed by atoms with van der Waals surface area (Å²) in [5.74, 6) is 0.825. The molecule has 4 nitrogen and oxygen atoms in total. The van der Waals surface area contributed by atoms with Crippen molar-refractivity contribution < 1.29 is 9.53 Å². The Bertz CT molecular complexity index is 266. The standard InChI is InChI=1S/C17H34N2O2/c1-3-11-21-12-9-7-5-4-6-8-10-18-17(20)13-16-14-19(2)15-16/h16H,3-15H2,1-2H3,(H,18,20). The van der Waals surface area contributed by atoms with E-state index in [1.807, 2.05) is 0 Å². The van der Waals surface area contributed by atoms with E-state index in [9.17, 15) is 4.79 Å². The first-order chi connectivity index (χ1) is 10.2. The van der Waals surface area contributed by atoms with E-state index in [4.69, 9.17) is 4.74 Å². The summed E-state index contributed by atoms with van der Waals surface area (Å²) >= 11 is 0. The minimum atomic E-state index is 0.237. The van der Waals surface area contributed by atoms with E-state index in [0.717, 1.165) is 45.7 Å². The third-order valence-electron chi connectivity index (χ3n) is 4.00. The Kier molecular flexibility index (Phi) is 10.5. The molecule has 0 atom stereocenters. The molecule has 0 saturated carbocycles. The van der Waals surface area contributed by atoms with E-state index in [1.165, 1.54) is 32.1 Å². The average molecular weight is 298 g/mol. The Morgan fingerprint density at radius 1 is 1.10 bits per heavy atom. The molecule has 4 heteroatoms. The SMILES string of the molecule is CCCOCCCCCCCCNC(=O)CC1CN(C)C1. The lowest BCUT2D eigenvalue weighted by Crippen LogP contribution is -2.45. The molecule has 0 spiro atoms. The van der Waals surface area contributed by atoms with E-state index >= 15 is 0 Å². The van der Waals surface area contributed by atoms with Gasteiger partial charge in [0.15, 0.2) is 0 Å². The van der Waals surface area contributed by atoms with Gasteiger partial charge in [-0.05, 0) is 32.2 Å². The summed E-state index contributed by atoms with van der Waals surface area (Å²) in [5.41, 5.74) is 0. The Hall–Kier alpha value is -0.610. The van der Waals surface area contributed by atoms with Crippen molar-refractivity contribution in [2.75, 3.05) is 39.9 Å². The van der Waals surface area contributed by atoms with Gasteiger partial charge in [0, 0.05) is 39.3 Å². The molecule has 1 amide bonds. The first-order valence-electron chi connectivity index (χ1n) is 8.75. The number of nitrogens with one attached hydrogen (secondary N) is 1. The van der Waals surface area contributed by atoms with Crippen LogP contribution in [0.3, 0.4) is 0 Å². The van der Waals surface area contributed by atoms with E-state index in [2.05, 4.69) is 24.2 Å². The molecule has 1 aliphatic heterocycles. The number of carbonyl (C=O) groups is 1. The summed E-state index contributed by atoms with van der Waals surface area (Å²) in [5, 5.41) is 3.04. The normalized spacial score (nSPS) is 15.9. The topological polar surface area (TPSA) is 41.6 Å². The number of amides is 1. The molecule has 0 aromatic heterocycles. The van der Waals surface area contributed by atoms with E-state index < -0.39 is 0 Å². The molecule has 0 radical (unpaired) electrons. The van der Waals surface area contributed by atoms with Gasteiger partial charge in [0.2, 0.25) is 5.91 Å². The fourth-order valence-electron chi connectivity index (χ4n) is 2.80. The van der Waals surface area contributed by atoms with Crippen LogP contribution >= 0.6 is 0 Å². The third kappa shape index (κ3) is 9.86. The quantitative estimate of drug-likeness (QED) is 0.532. The van der Waals surface area contributed by atoms with Gasteiger partial charge >= 0.3 is 0 Å². The van der Waals surface area contributed by atoms with Crippen LogP contribution in [0.2, 0.25) is 0 Å². The molecule has 1 heterocycles. The minimum Gasteiger partial charge on any atom is -0.381 e. The van der Waals surface area contributed by atoms with Gasteiger partial charge in [-0.3, -0.25) is 4.79 Å². The summed E-state index contributed by atoms with van der Waals surface area (Å²) < 4.78 is 5.46. The van der Waals surface area contributed by atoms with Crippen LogP contribution in [-0.4, -0.2) is 50.7 Å². The van der Waals surface area contributed by atoms with E-state index in [0.29, 0.717) is 12.3 Å². The van der Waals surface area contributed by atoms with E-state index in [-0.39, 0.29) is 5.91 Å². The molecule has 1 N–H and O–H groups in total. The average Bonchev–Trinajstić information content (AvgIpc) is 2.43. The Balaban J connectivity index is 1.75. The van der Waals surface area contributed by atoms with Gasteiger partial charge in [0.05, 0.1) is 0 Å². The van der Waals surface area contributed by atoms with Gasteiger partial charge in [0.25, 0.3) is 0 Å². The van der Waals surface area contributed by atoms with Crippen LogP contribution in [-0.2, 0) is 9.53 Å². The summed E-state index contributed by atoms with van der Waals surface area (Å²) in [4.78, 5) is 13.9. The van der Waals surface area contributed by atoms with Crippen molar-refractivity contribution in [3.63, 3.8) is 0 Å². The maximum Gasteiger partial charge on any atom is 0.220 e. The molecule has 0 aromatic carbocycles. The lowest BCUT2D eigenvalue weighted by Gasteiger charge is -2.35. The highest BCUT2D eigenvalue weighted by Gasteiger charge is 2.25. The second-order valence-electron chi connectivity index (χ2n) is 6.38. The predicted octanol–water partition coefficient (Wildman–Crippen LogP) is 2.82. The molecule has 21 heavy (non-hydrogen) atoms. The predicted molar refractivity (Wildman–Crippen MR) is 87.4 cm³/mol. The van der Waals surface area contributed by atoms with Crippen molar-refractivity contribution in [3.05, 3.63) is 0 Å². The molecule has 124 valence electrons. The second-order valence-corrected chi connectivity index (χ2v) is 6.38. The van der Waals surface area contributed by atoms with Gasteiger partial charge in [0.1, 0.15) is 0 Å². The number of nitrogens with zero attached hydrogens (tertiary/aromatic N) is 1. The smallest absolute Gasteiger partial charge is 0.220 e. The zero-order valence-corrected chi connectivity index (χ0v) is 14.0. The molecule has 0 unspecified atom stereocenters. The number of rotatable bonds is 13. The molecule has 1 saturated heterocycles. The maximum atomic E-state index is 11.7. The highest BCUT2D eigenvalue weighted by Crippen LogP contribution is 2.16. The van der Waals surface area contributed by atoms with Crippen molar-refractivity contribution in [2.24, 2.45) is 5.92 Å². The largest absolute Gasteiger partial charge is 0.381 e. The lowest BCUT2D eigenvalue weighted by molar-refractivity contribution is -0.123. The zero-order chi connectivity index (χ0) is 15.3. The van der Waals surface area contributed by atoms with E-state index in [1.54, 1.807) is 0 Å². The fraction of sp³-hybridized carbons (Fsp3) is 0.941. The van der Waals surface area contributed by atoms with Crippen LogP contribution < -0.4 is 5.32 Å². The maximum absolute atomic E-state index is 11.7. The zero-order valence-electron chi connectivity index (χ0n) is 14.0. The molecular weight excluding hydrogens is 264 g/mol. The Morgan fingerprint density at radius 2 is 1.76 bits per heavy atom. The lowest BCUT2D eigenvalue weighted by atomic mass is 9.97. The van der Waals surface area contributed by atoms with Crippen molar-refractivity contribution in [3.8, 4) is 0 Å². The second kappa shape index (κ2) is 12.0. The summed E-state index contributed by atoms with van der Waals surface area (Å²) in [6, 6.07) is 0. The molecule has 1 rings (SSSR count). The minimum absolute atomic E-state index is 0.237. The van der Waals surface area contributed by atoms with Crippen LogP contribution in [0, 0.1) is 5.92 Å². The van der Waals surface area contributed by atoms with Crippen LogP contribution in [0.1, 0.15) is 58.3 Å². The molecule has 0 aliphatic carbocycles. The fourth-order valence-corrected chi connectivity index (χ4v) is 2.80. The monoisotopic (exact) mass is 298 g/mol. The first kappa shape index (κ1) is 18.4. The number of hydrogen-bond acceptors (Lipinski definition) is 3. The van der Waals surface area contributed by atoms with Crippen molar-refractivity contribution in [2.45, 2.75) is 58.3 Å². The molecule has 0 bridgehead atoms. The summed E-state index contributed by atoms with van der Waals surface area (Å²) in [6.07, 6.45) is 9.18. The highest BCUT2D eigenvalue weighted by molar-refractivity contribution is 5.76. The molecule has 1 fully saturated rings. The van der Waals surface area contributed by atoms with Gasteiger partial charge in [-0.1, -0.05) is 32.6 Å². The van der Waals surface area contributed by atoms with Crippen molar-refractivity contribution >= 4 is 5.91 Å². The van der Waals surface area contributed by atoms with Crippen LogP contribution in [0.15, 0.2) is 0 Å². The third-order valence-corrected chi connectivity index (χ3v) is 4.00. The number of likely N-dealkylation sites (tertiary alicyclic amines) is 1. The Morgan fingerprint density at radius 3 is 2.43 bits per heavy atom. The Labute approximate surface area is 130 Å². The van der Waals surface area contributed by atoms with Gasteiger partial charge in [-0.25, -0.2) is 0 Å². The van der Waals surface area contributed by atoms with Gasteiger partial charge < -0.3 is 15.0 Å². The molecule has 1 aliphatic rings. The van der Waals surface area contributed by atoms with Crippen LogP contribution in [0.5, 0.6) is 0 Å². The van der Waals surface area contributed by atoms with Gasteiger partial charge in [-0.15, -0.1) is 0 Å². The van der Waals surface area contributed by atoms with Gasteiger partial charge in [-0.2, -0.15) is 0 Å². The van der Waals surface area contributed by atoms with Crippen LogP contribution in [0.4, 0.5) is 0 Å². The number of carbonyl (C=O) groups excluding carboxylic acids is 1. The number of unbranched alkanes of at least 4 members (excludes halogenated alkanes) is 5. The summed E-state index contributed by atoms with van der Waals surface area (Å²) in [7, 11) is 2.10. The number of hydrogen-bond donors (Lipinski definition) is 1. The number of ether oxygens (including phenoxy) is 1. The van der Waals surface area contributed by atoms with Crippen LogP contribution in [0.25, 0.3) is 0 Å². The molecule has 0 aromatic rings. The summed E-state index contributed by atoms with van der Waals surface area (Å²) in [6.45, 7) is 6.96.